The number of non-ortho nitro benzene ring substituents is 2. The van der Waals surface area contributed by atoms with Crippen LogP contribution >= 0.6 is 0 Å². The topological polar surface area (TPSA) is 116 Å². The van der Waals surface area contributed by atoms with Crippen LogP contribution in [0.4, 0.5) is 17.1 Å². The Labute approximate surface area is 148 Å². The van der Waals surface area contributed by atoms with Gasteiger partial charge < -0.3 is 9.64 Å². The molecule has 1 heterocycles. The second-order valence-electron chi connectivity index (χ2n) is 6.47. The SMILES string of the molecule is CC1(C)CN(C(=O)c2cc([N+](=O)[O-])cc([N+](=O)[O-])c2)c2ccccc2O1. The Morgan fingerprint density at radius 2 is 1.65 bits per heavy atom. The predicted molar refractivity (Wildman–Crippen MR) is 92.6 cm³/mol. The summed E-state index contributed by atoms with van der Waals surface area (Å²) < 4.78 is 5.85. The molecular weight excluding hydrogens is 342 g/mol. The van der Waals surface area contributed by atoms with Gasteiger partial charge in [0.25, 0.3) is 17.3 Å². The highest BCUT2D eigenvalue weighted by Gasteiger charge is 2.36. The second kappa shape index (κ2) is 6.10. The molecule has 0 spiro atoms. The van der Waals surface area contributed by atoms with Gasteiger partial charge in [-0.05, 0) is 26.0 Å². The van der Waals surface area contributed by atoms with E-state index in [0.29, 0.717) is 11.4 Å². The number of nitro benzene ring substituents is 2. The molecule has 0 radical (unpaired) electrons. The smallest absolute Gasteiger partial charge is 0.277 e. The van der Waals surface area contributed by atoms with Crippen molar-refractivity contribution in [2.45, 2.75) is 19.4 Å². The summed E-state index contributed by atoms with van der Waals surface area (Å²) in [6, 6.07) is 9.81. The van der Waals surface area contributed by atoms with Crippen molar-refractivity contribution in [1.82, 2.24) is 0 Å². The van der Waals surface area contributed by atoms with E-state index >= 15 is 0 Å². The first-order valence-electron chi connectivity index (χ1n) is 7.72. The third-order valence-electron chi connectivity index (χ3n) is 3.90. The maximum absolute atomic E-state index is 13.0. The van der Waals surface area contributed by atoms with Gasteiger partial charge in [0.1, 0.15) is 11.4 Å². The molecule has 1 amide bonds. The zero-order chi connectivity index (χ0) is 19.1. The molecule has 0 bridgehead atoms. The van der Waals surface area contributed by atoms with E-state index in [-0.39, 0.29) is 12.1 Å². The number of para-hydroxylation sites is 2. The highest BCUT2D eigenvalue weighted by molar-refractivity contribution is 6.08. The maximum atomic E-state index is 13.0. The predicted octanol–water partition coefficient (Wildman–Crippen LogP) is 3.32. The highest BCUT2D eigenvalue weighted by atomic mass is 16.6. The zero-order valence-corrected chi connectivity index (χ0v) is 14.0. The van der Waals surface area contributed by atoms with Gasteiger partial charge in [0, 0.05) is 12.1 Å². The molecule has 0 fully saturated rings. The molecule has 9 heteroatoms. The van der Waals surface area contributed by atoms with Crippen molar-refractivity contribution in [3.05, 3.63) is 68.3 Å². The summed E-state index contributed by atoms with van der Waals surface area (Å²) in [6.07, 6.45) is 0. The number of anilines is 1. The number of carbonyl (C=O) groups is 1. The molecule has 0 saturated carbocycles. The number of nitro groups is 2. The molecule has 134 valence electrons. The van der Waals surface area contributed by atoms with Gasteiger partial charge in [-0.1, -0.05) is 12.1 Å². The van der Waals surface area contributed by atoms with E-state index < -0.39 is 32.7 Å². The van der Waals surface area contributed by atoms with Crippen LogP contribution in [0.5, 0.6) is 5.75 Å². The first kappa shape index (κ1) is 17.3. The van der Waals surface area contributed by atoms with Crippen LogP contribution in [0.25, 0.3) is 0 Å². The number of fused-ring (bicyclic) bond motifs is 1. The first-order chi connectivity index (χ1) is 12.2. The number of hydrogen-bond acceptors (Lipinski definition) is 6. The van der Waals surface area contributed by atoms with E-state index in [0.717, 1.165) is 18.2 Å². The average Bonchev–Trinajstić information content (AvgIpc) is 2.59. The van der Waals surface area contributed by atoms with Gasteiger partial charge in [0.2, 0.25) is 0 Å². The van der Waals surface area contributed by atoms with Crippen molar-refractivity contribution < 1.29 is 19.4 Å². The summed E-state index contributed by atoms with van der Waals surface area (Å²) in [5, 5.41) is 22.1. The maximum Gasteiger partial charge on any atom is 0.277 e. The van der Waals surface area contributed by atoms with Gasteiger partial charge in [0.05, 0.1) is 33.7 Å². The Hall–Kier alpha value is -3.49. The van der Waals surface area contributed by atoms with Crippen molar-refractivity contribution in [1.29, 1.82) is 0 Å². The Morgan fingerprint density at radius 1 is 1.08 bits per heavy atom. The van der Waals surface area contributed by atoms with Crippen LogP contribution < -0.4 is 9.64 Å². The molecule has 9 nitrogen and oxygen atoms in total. The van der Waals surface area contributed by atoms with Crippen LogP contribution in [0.1, 0.15) is 24.2 Å². The third-order valence-corrected chi connectivity index (χ3v) is 3.90. The number of carbonyl (C=O) groups excluding carboxylic acids is 1. The van der Waals surface area contributed by atoms with E-state index in [1.165, 1.54) is 4.90 Å². The zero-order valence-electron chi connectivity index (χ0n) is 14.0. The monoisotopic (exact) mass is 357 g/mol. The first-order valence-corrected chi connectivity index (χ1v) is 7.72. The summed E-state index contributed by atoms with van der Waals surface area (Å²) in [6.45, 7) is 3.80. The Balaban J connectivity index is 2.09. The number of ether oxygens (including phenoxy) is 1. The molecule has 0 N–H and O–H groups in total. The lowest BCUT2D eigenvalue weighted by atomic mass is 10.0. The minimum Gasteiger partial charge on any atom is -0.484 e. The molecule has 26 heavy (non-hydrogen) atoms. The molecule has 0 aliphatic carbocycles. The summed E-state index contributed by atoms with van der Waals surface area (Å²) in [5.74, 6) is -0.0716. The van der Waals surface area contributed by atoms with Gasteiger partial charge in [-0.25, -0.2) is 0 Å². The second-order valence-corrected chi connectivity index (χ2v) is 6.47. The fourth-order valence-electron chi connectivity index (χ4n) is 2.83. The van der Waals surface area contributed by atoms with Crippen molar-refractivity contribution in [2.24, 2.45) is 0 Å². The lowest BCUT2D eigenvalue weighted by Gasteiger charge is -2.39. The van der Waals surface area contributed by atoms with E-state index in [4.69, 9.17) is 4.74 Å². The number of hydrogen-bond donors (Lipinski definition) is 0. The minimum atomic E-state index is -0.763. The molecule has 0 unspecified atom stereocenters. The number of amides is 1. The van der Waals surface area contributed by atoms with Crippen molar-refractivity contribution in [3.8, 4) is 5.75 Å². The van der Waals surface area contributed by atoms with Gasteiger partial charge in [-0.2, -0.15) is 0 Å². The van der Waals surface area contributed by atoms with Crippen LogP contribution in [0, 0.1) is 20.2 Å². The van der Waals surface area contributed by atoms with Crippen LogP contribution in [0.2, 0.25) is 0 Å². The molecule has 3 rings (SSSR count). The molecular formula is C17H15N3O6. The summed E-state index contributed by atoms with van der Waals surface area (Å²) in [5.41, 5.74) is -1.33. The number of nitrogens with zero attached hydrogens (tertiary/aromatic N) is 3. The quantitative estimate of drug-likeness (QED) is 0.614. The van der Waals surface area contributed by atoms with E-state index in [1.54, 1.807) is 38.1 Å². The lowest BCUT2D eigenvalue weighted by molar-refractivity contribution is -0.394. The van der Waals surface area contributed by atoms with E-state index in [2.05, 4.69) is 0 Å². The minimum absolute atomic E-state index is 0.126. The molecule has 2 aromatic rings. The van der Waals surface area contributed by atoms with Crippen molar-refractivity contribution in [3.63, 3.8) is 0 Å². The molecule has 1 aliphatic heterocycles. The summed E-state index contributed by atoms with van der Waals surface area (Å²) in [4.78, 5) is 35.1. The highest BCUT2D eigenvalue weighted by Crippen LogP contribution is 2.38. The summed E-state index contributed by atoms with van der Waals surface area (Å²) in [7, 11) is 0. The van der Waals surface area contributed by atoms with E-state index in [1.807, 2.05) is 0 Å². The van der Waals surface area contributed by atoms with Crippen molar-refractivity contribution >= 4 is 23.0 Å². The van der Waals surface area contributed by atoms with Crippen LogP contribution in [-0.4, -0.2) is 27.9 Å². The fraction of sp³-hybridized carbons (Fsp3) is 0.235. The number of rotatable bonds is 3. The average molecular weight is 357 g/mol. The molecule has 0 aromatic heterocycles. The van der Waals surface area contributed by atoms with Gasteiger partial charge in [0.15, 0.2) is 0 Å². The Bertz CT molecular complexity index is 892. The molecule has 0 atom stereocenters. The van der Waals surface area contributed by atoms with E-state index in [9.17, 15) is 25.0 Å². The van der Waals surface area contributed by atoms with Gasteiger partial charge in [-0.3, -0.25) is 25.0 Å². The van der Waals surface area contributed by atoms with Crippen LogP contribution in [0.3, 0.4) is 0 Å². The van der Waals surface area contributed by atoms with Crippen LogP contribution in [-0.2, 0) is 0 Å². The number of benzene rings is 2. The molecule has 1 aliphatic rings. The van der Waals surface area contributed by atoms with Crippen molar-refractivity contribution in [2.75, 3.05) is 11.4 Å². The molecule has 2 aromatic carbocycles. The fourth-order valence-corrected chi connectivity index (χ4v) is 2.83. The Morgan fingerprint density at radius 3 is 2.23 bits per heavy atom. The van der Waals surface area contributed by atoms with Gasteiger partial charge >= 0.3 is 0 Å². The molecule has 0 saturated heterocycles. The van der Waals surface area contributed by atoms with Crippen LogP contribution in [0.15, 0.2) is 42.5 Å². The Kier molecular flexibility index (Phi) is 4.07. The van der Waals surface area contributed by atoms with Gasteiger partial charge in [-0.15, -0.1) is 0 Å². The summed E-state index contributed by atoms with van der Waals surface area (Å²) >= 11 is 0. The largest absolute Gasteiger partial charge is 0.484 e. The standard InChI is InChI=1S/C17H15N3O6/c1-17(2)10-18(14-5-3-4-6-15(14)26-17)16(21)11-7-12(19(22)23)9-13(8-11)20(24)25/h3-9H,10H2,1-2H3. The third kappa shape index (κ3) is 3.18. The normalized spacial score (nSPS) is 14.9. The lowest BCUT2D eigenvalue weighted by Crippen LogP contribution is -2.49.